The molecule has 0 saturated heterocycles. The third-order valence-electron chi connectivity index (χ3n) is 11.1. The summed E-state index contributed by atoms with van der Waals surface area (Å²) < 4.78 is 4.79. The molecule has 0 unspecified atom stereocenters. The molecule has 0 aliphatic heterocycles. The highest BCUT2D eigenvalue weighted by molar-refractivity contribution is 6.30. The van der Waals surface area contributed by atoms with Gasteiger partial charge in [-0.05, 0) is 64.7 Å². The van der Waals surface area contributed by atoms with Gasteiger partial charge in [-0.3, -0.25) is 4.40 Å². The van der Waals surface area contributed by atoms with E-state index in [9.17, 15) is 0 Å². The molecule has 0 fully saturated rings. The van der Waals surface area contributed by atoms with Crippen molar-refractivity contribution in [2.24, 2.45) is 0 Å². The Morgan fingerprint density at radius 2 is 0.911 bits per heavy atom. The van der Waals surface area contributed by atoms with Crippen LogP contribution in [-0.2, 0) is 0 Å². The molecule has 4 aromatic heterocycles. The molecule has 0 radical (unpaired) electrons. The normalized spacial score (nSPS) is 11.9. The monoisotopic (exact) mass is 714 g/mol. The molecule has 6 nitrogen and oxygen atoms in total. The summed E-state index contributed by atoms with van der Waals surface area (Å²) in [7, 11) is 0. The highest BCUT2D eigenvalue weighted by atomic mass is 15.1. The van der Waals surface area contributed by atoms with E-state index >= 15 is 0 Å². The van der Waals surface area contributed by atoms with Gasteiger partial charge in [0.15, 0.2) is 17.5 Å². The number of fused-ring (bicyclic) bond motifs is 4. The number of hydrogen-bond donors (Lipinski definition) is 0. The van der Waals surface area contributed by atoms with Crippen LogP contribution >= 0.6 is 0 Å². The van der Waals surface area contributed by atoms with Crippen LogP contribution in [-0.4, -0.2) is 28.9 Å². The lowest BCUT2D eigenvalue weighted by atomic mass is 10.0. The standard InChI is InChI=1S/C50H30N6/c1-3-14-32(15-4-1)47-52-48(33-16-5-2-6-17-33)54-49(53-47)34-25-27-35(28-26-34)55-42-24-12-21-38-37-20-9-10-23-41(37)56-46-40(29-30-43(55)45(46)44(38)42)51-50(56)39-22-11-18-31-13-7-8-19-36(31)39/h1-30H. The van der Waals surface area contributed by atoms with Crippen molar-refractivity contribution in [1.82, 2.24) is 28.9 Å². The number of para-hydroxylation sites is 1. The Hall–Kier alpha value is -7.70. The molecule has 0 N–H and O–H groups in total. The maximum atomic E-state index is 5.41. The molecule has 12 rings (SSSR count). The quantitative estimate of drug-likeness (QED) is 0.178. The second-order valence-corrected chi connectivity index (χ2v) is 14.3. The fraction of sp³-hybridized carbons (Fsp3) is 0. The molecule has 0 bridgehead atoms. The van der Waals surface area contributed by atoms with Crippen molar-refractivity contribution in [3.63, 3.8) is 0 Å². The van der Waals surface area contributed by atoms with E-state index in [0.717, 1.165) is 61.3 Å². The van der Waals surface area contributed by atoms with Crippen LogP contribution in [0.2, 0.25) is 0 Å². The van der Waals surface area contributed by atoms with E-state index in [0.29, 0.717) is 17.5 Å². The lowest BCUT2D eigenvalue weighted by Gasteiger charge is -2.11. The third kappa shape index (κ3) is 4.50. The van der Waals surface area contributed by atoms with Crippen LogP contribution in [0.1, 0.15) is 0 Å². The summed E-state index contributed by atoms with van der Waals surface area (Å²) in [5, 5.41) is 7.20. The highest BCUT2D eigenvalue weighted by Crippen LogP contribution is 2.44. The van der Waals surface area contributed by atoms with E-state index in [2.05, 4.69) is 130 Å². The molecule has 6 heteroatoms. The zero-order valence-corrected chi connectivity index (χ0v) is 30.0. The van der Waals surface area contributed by atoms with Crippen molar-refractivity contribution in [1.29, 1.82) is 0 Å². The zero-order chi connectivity index (χ0) is 36.7. The van der Waals surface area contributed by atoms with E-state index in [1.807, 2.05) is 60.7 Å². The van der Waals surface area contributed by atoms with E-state index in [1.165, 1.54) is 32.3 Å². The Bertz CT molecular complexity index is 3390. The topological polar surface area (TPSA) is 60.9 Å². The highest BCUT2D eigenvalue weighted by Gasteiger charge is 2.24. The lowest BCUT2D eigenvalue weighted by Crippen LogP contribution is -2.00. The number of rotatable bonds is 5. The Kier molecular flexibility index (Phi) is 6.53. The van der Waals surface area contributed by atoms with Gasteiger partial charge in [-0.15, -0.1) is 0 Å². The SMILES string of the molecule is c1ccc(-c2nc(-c3ccccc3)nc(-c3ccc(-n4c5cccc6c7ccccc7n7c(-c8cccc9ccccc89)nc8ccc4c(c65)c87)cc3)n2)cc1. The fourth-order valence-electron chi connectivity index (χ4n) is 8.64. The maximum absolute atomic E-state index is 5.41. The molecular formula is C50H30N6. The van der Waals surface area contributed by atoms with Gasteiger partial charge >= 0.3 is 0 Å². The Morgan fingerprint density at radius 3 is 1.64 bits per heavy atom. The average Bonchev–Trinajstić information content (AvgIpc) is 3.79. The van der Waals surface area contributed by atoms with Gasteiger partial charge < -0.3 is 4.57 Å². The molecule has 56 heavy (non-hydrogen) atoms. The van der Waals surface area contributed by atoms with Crippen molar-refractivity contribution in [2.75, 3.05) is 0 Å². The summed E-state index contributed by atoms with van der Waals surface area (Å²) in [6.45, 7) is 0. The summed E-state index contributed by atoms with van der Waals surface area (Å²) >= 11 is 0. The molecular weight excluding hydrogens is 685 g/mol. The molecule has 8 aromatic carbocycles. The van der Waals surface area contributed by atoms with Gasteiger partial charge in [0.05, 0.1) is 27.6 Å². The predicted octanol–water partition coefficient (Wildman–Crippen LogP) is 12.2. The number of benzene rings is 8. The molecule has 0 aliphatic carbocycles. The number of imidazole rings is 1. The van der Waals surface area contributed by atoms with Crippen LogP contribution in [0.3, 0.4) is 0 Å². The van der Waals surface area contributed by atoms with Gasteiger partial charge in [0.25, 0.3) is 0 Å². The van der Waals surface area contributed by atoms with Crippen LogP contribution in [0.5, 0.6) is 0 Å². The van der Waals surface area contributed by atoms with Gasteiger partial charge in [0, 0.05) is 44.1 Å². The third-order valence-corrected chi connectivity index (χ3v) is 11.1. The number of nitrogens with zero attached hydrogens (tertiary/aromatic N) is 6. The lowest BCUT2D eigenvalue weighted by molar-refractivity contribution is 1.07. The van der Waals surface area contributed by atoms with Crippen molar-refractivity contribution in [3.05, 3.63) is 182 Å². The van der Waals surface area contributed by atoms with Crippen molar-refractivity contribution < 1.29 is 0 Å². The van der Waals surface area contributed by atoms with Gasteiger partial charge in [0.1, 0.15) is 5.82 Å². The van der Waals surface area contributed by atoms with Gasteiger partial charge in [-0.25, -0.2) is 19.9 Å². The first-order chi connectivity index (χ1) is 27.8. The minimum absolute atomic E-state index is 0.631. The average molecular weight is 715 g/mol. The number of hydrogen-bond acceptors (Lipinski definition) is 4. The molecule has 4 heterocycles. The Labute approximate surface area is 321 Å². The first kappa shape index (κ1) is 30.7. The van der Waals surface area contributed by atoms with Crippen LogP contribution in [0.25, 0.3) is 111 Å². The minimum Gasteiger partial charge on any atom is -0.309 e. The van der Waals surface area contributed by atoms with Gasteiger partial charge in [-0.2, -0.15) is 0 Å². The predicted molar refractivity (Wildman–Crippen MR) is 228 cm³/mol. The van der Waals surface area contributed by atoms with E-state index in [4.69, 9.17) is 19.9 Å². The van der Waals surface area contributed by atoms with Crippen LogP contribution < -0.4 is 0 Å². The first-order valence-electron chi connectivity index (χ1n) is 18.8. The Balaban J connectivity index is 1.10. The second-order valence-electron chi connectivity index (χ2n) is 14.3. The summed E-state index contributed by atoms with van der Waals surface area (Å²) in [4.78, 5) is 20.3. The van der Waals surface area contributed by atoms with Crippen molar-refractivity contribution >= 4 is 59.9 Å². The molecule has 12 aromatic rings. The minimum atomic E-state index is 0.631. The van der Waals surface area contributed by atoms with Crippen LogP contribution in [0.4, 0.5) is 0 Å². The molecule has 0 aliphatic rings. The maximum Gasteiger partial charge on any atom is 0.164 e. The molecule has 0 saturated carbocycles. The summed E-state index contributed by atoms with van der Waals surface area (Å²) in [5.41, 5.74) is 10.5. The Morgan fingerprint density at radius 1 is 0.357 bits per heavy atom. The van der Waals surface area contributed by atoms with E-state index < -0.39 is 0 Å². The van der Waals surface area contributed by atoms with Gasteiger partial charge in [-0.1, -0.05) is 133 Å². The van der Waals surface area contributed by atoms with Crippen LogP contribution in [0.15, 0.2) is 182 Å². The van der Waals surface area contributed by atoms with Crippen molar-refractivity contribution in [2.45, 2.75) is 0 Å². The largest absolute Gasteiger partial charge is 0.309 e. The second kappa shape index (κ2) is 11.9. The first-order valence-corrected chi connectivity index (χ1v) is 18.8. The van der Waals surface area contributed by atoms with E-state index in [-0.39, 0.29) is 0 Å². The fourth-order valence-corrected chi connectivity index (χ4v) is 8.64. The van der Waals surface area contributed by atoms with Gasteiger partial charge in [0.2, 0.25) is 0 Å². The number of aromatic nitrogens is 6. The molecule has 0 amide bonds. The summed E-state index contributed by atoms with van der Waals surface area (Å²) in [6.07, 6.45) is 0. The molecule has 0 spiro atoms. The zero-order valence-electron chi connectivity index (χ0n) is 30.0. The summed E-state index contributed by atoms with van der Waals surface area (Å²) in [5.74, 6) is 2.86. The smallest absolute Gasteiger partial charge is 0.164 e. The summed E-state index contributed by atoms with van der Waals surface area (Å²) in [6, 6.07) is 63.7. The molecule has 260 valence electrons. The van der Waals surface area contributed by atoms with Crippen molar-refractivity contribution in [3.8, 4) is 51.2 Å². The van der Waals surface area contributed by atoms with E-state index in [1.54, 1.807) is 0 Å². The van der Waals surface area contributed by atoms with Crippen LogP contribution in [0, 0.1) is 0 Å². The molecule has 0 atom stereocenters.